The molecule has 0 spiro atoms. The highest BCUT2D eigenvalue weighted by Gasteiger charge is 2.05. The van der Waals surface area contributed by atoms with Crippen LogP contribution in [0.15, 0.2) is 6.20 Å². The second-order valence-corrected chi connectivity index (χ2v) is 2.97. The maximum atomic E-state index is 8.61. The summed E-state index contributed by atoms with van der Waals surface area (Å²) < 4.78 is 0. The van der Waals surface area contributed by atoms with E-state index in [4.69, 9.17) is 5.26 Å². The largest absolute Gasteiger partial charge is 0.281 e. The molecule has 11 heavy (non-hydrogen) atoms. The molecule has 0 radical (unpaired) electrons. The van der Waals surface area contributed by atoms with E-state index in [0.717, 1.165) is 12.1 Å². The van der Waals surface area contributed by atoms with Crippen LogP contribution in [0.3, 0.4) is 0 Å². The predicted molar refractivity (Wildman–Crippen MR) is 41.8 cm³/mol. The zero-order chi connectivity index (χ0) is 8.27. The molecule has 0 aliphatic rings. The second kappa shape index (κ2) is 3.20. The minimum atomic E-state index is 0.558. The molecule has 58 valence electrons. The molecule has 1 N–H and O–H groups in total. The Balaban J connectivity index is 2.79. The Morgan fingerprint density at radius 3 is 3.00 bits per heavy atom. The minimum absolute atomic E-state index is 0.558. The van der Waals surface area contributed by atoms with Gasteiger partial charge in [0.25, 0.3) is 0 Å². The van der Waals surface area contributed by atoms with Crippen LogP contribution in [0.2, 0.25) is 0 Å². The summed E-state index contributed by atoms with van der Waals surface area (Å²) in [6.07, 6.45) is 2.46. The minimum Gasteiger partial charge on any atom is -0.281 e. The van der Waals surface area contributed by atoms with Crippen molar-refractivity contribution < 1.29 is 0 Å². The lowest BCUT2D eigenvalue weighted by Crippen LogP contribution is -1.96. The maximum Gasteiger partial charge on any atom is 0.103 e. The van der Waals surface area contributed by atoms with Crippen molar-refractivity contribution in [2.24, 2.45) is 5.92 Å². The van der Waals surface area contributed by atoms with Crippen LogP contribution in [0.5, 0.6) is 0 Å². The SMILES string of the molecule is CC(C)Cc1[nH]ncc1C#N. The van der Waals surface area contributed by atoms with E-state index in [1.54, 1.807) is 6.20 Å². The van der Waals surface area contributed by atoms with E-state index in [-0.39, 0.29) is 0 Å². The quantitative estimate of drug-likeness (QED) is 0.692. The van der Waals surface area contributed by atoms with Gasteiger partial charge in [-0.25, -0.2) is 0 Å². The standard InChI is InChI=1S/C8H11N3/c1-6(2)3-8-7(4-9)5-10-11-8/h5-6H,3H2,1-2H3,(H,10,11). The van der Waals surface area contributed by atoms with Gasteiger partial charge in [0.1, 0.15) is 6.07 Å². The van der Waals surface area contributed by atoms with Crippen LogP contribution < -0.4 is 0 Å². The monoisotopic (exact) mass is 149 g/mol. The Labute approximate surface area is 66.0 Å². The average molecular weight is 149 g/mol. The van der Waals surface area contributed by atoms with Crippen LogP contribution in [-0.2, 0) is 6.42 Å². The normalized spacial score (nSPS) is 10.0. The Morgan fingerprint density at radius 2 is 2.45 bits per heavy atom. The fraction of sp³-hybridized carbons (Fsp3) is 0.500. The van der Waals surface area contributed by atoms with Gasteiger partial charge in [-0.15, -0.1) is 0 Å². The van der Waals surface area contributed by atoms with Gasteiger partial charge in [0.2, 0.25) is 0 Å². The maximum absolute atomic E-state index is 8.61. The van der Waals surface area contributed by atoms with Crippen molar-refractivity contribution in [1.29, 1.82) is 5.26 Å². The van der Waals surface area contributed by atoms with E-state index < -0.39 is 0 Å². The number of rotatable bonds is 2. The molecular formula is C8H11N3. The molecule has 0 aliphatic heterocycles. The molecule has 0 aliphatic carbocycles. The third kappa shape index (κ3) is 1.81. The van der Waals surface area contributed by atoms with Gasteiger partial charge in [0.15, 0.2) is 0 Å². The first-order chi connectivity index (χ1) is 5.24. The Bertz CT molecular complexity index is 267. The first-order valence-corrected chi connectivity index (χ1v) is 3.66. The summed E-state index contributed by atoms with van der Waals surface area (Å²) in [5.74, 6) is 0.558. The number of hydrogen-bond donors (Lipinski definition) is 1. The summed E-state index contributed by atoms with van der Waals surface area (Å²) in [6.45, 7) is 4.23. The van der Waals surface area contributed by atoms with E-state index >= 15 is 0 Å². The van der Waals surface area contributed by atoms with Crippen LogP contribution in [0, 0.1) is 17.2 Å². The van der Waals surface area contributed by atoms with Crippen molar-refractivity contribution in [3.05, 3.63) is 17.5 Å². The molecule has 1 aromatic rings. The Morgan fingerprint density at radius 1 is 1.73 bits per heavy atom. The molecule has 0 fully saturated rings. The topological polar surface area (TPSA) is 52.5 Å². The summed E-state index contributed by atoms with van der Waals surface area (Å²) in [5, 5.41) is 15.2. The first-order valence-electron chi connectivity index (χ1n) is 3.66. The van der Waals surface area contributed by atoms with Crippen LogP contribution in [0.25, 0.3) is 0 Å². The molecule has 0 atom stereocenters. The molecule has 0 amide bonds. The van der Waals surface area contributed by atoms with Crippen LogP contribution in [0.1, 0.15) is 25.1 Å². The molecule has 0 bridgehead atoms. The molecule has 3 heteroatoms. The molecule has 1 heterocycles. The second-order valence-electron chi connectivity index (χ2n) is 2.97. The van der Waals surface area contributed by atoms with Gasteiger partial charge in [-0.2, -0.15) is 10.4 Å². The van der Waals surface area contributed by atoms with Crippen molar-refractivity contribution in [2.75, 3.05) is 0 Å². The highest BCUT2D eigenvalue weighted by molar-refractivity contribution is 5.30. The summed E-state index contributed by atoms with van der Waals surface area (Å²) in [7, 11) is 0. The third-order valence-electron chi connectivity index (χ3n) is 1.45. The molecule has 0 aromatic carbocycles. The molecule has 0 saturated carbocycles. The highest BCUT2D eigenvalue weighted by atomic mass is 15.1. The average Bonchev–Trinajstić information content (AvgIpc) is 2.34. The van der Waals surface area contributed by atoms with Crippen molar-refractivity contribution in [3.8, 4) is 6.07 Å². The van der Waals surface area contributed by atoms with Crippen LogP contribution in [0.4, 0.5) is 0 Å². The molecule has 1 aromatic heterocycles. The van der Waals surface area contributed by atoms with Crippen LogP contribution >= 0.6 is 0 Å². The first kappa shape index (κ1) is 7.80. The summed E-state index contributed by atoms with van der Waals surface area (Å²) in [4.78, 5) is 0. The fourth-order valence-corrected chi connectivity index (χ4v) is 0.973. The Kier molecular flexibility index (Phi) is 2.27. The number of nitrogens with one attached hydrogen (secondary N) is 1. The van der Waals surface area contributed by atoms with E-state index in [1.165, 1.54) is 0 Å². The summed E-state index contributed by atoms with van der Waals surface area (Å²) in [6, 6.07) is 2.09. The number of hydrogen-bond acceptors (Lipinski definition) is 2. The van der Waals surface area contributed by atoms with Crippen LogP contribution in [-0.4, -0.2) is 10.2 Å². The summed E-state index contributed by atoms with van der Waals surface area (Å²) >= 11 is 0. The van der Waals surface area contributed by atoms with Gasteiger partial charge in [0.05, 0.1) is 17.5 Å². The molecule has 1 rings (SSSR count). The van der Waals surface area contributed by atoms with Gasteiger partial charge in [-0.1, -0.05) is 13.8 Å². The summed E-state index contributed by atoms with van der Waals surface area (Å²) in [5.41, 5.74) is 1.61. The molecular weight excluding hydrogens is 138 g/mol. The van der Waals surface area contributed by atoms with Crippen molar-refractivity contribution >= 4 is 0 Å². The van der Waals surface area contributed by atoms with Gasteiger partial charge >= 0.3 is 0 Å². The number of aromatic nitrogens is 2. The van der Waals surface area contributed by atoms with E-state index in [1.807, 2.05) is 0 Å². The zero-order valence-electron chi connectivity index (χ0n) is 6.76. The zero-order valence-corrected chi connectivity index (χ0v) is 6.76. The number of H-pyrrole nitrogens is 1. The van der Waals surface area contributed by atoms with Gasteiger partial charge in [-0.05, 0) is 12.3 Å². The lowest BCUT2D eigenvalue weighted by molar-refractivity contribution is 0.633. The van der Waals surface area contributed by atoms with Gasteiger partial charge < -0.3 is 0 Å². The van der Waals surface area contributed by atoms with Crippen molar-refractivity contribution in [1.82, 2.24) is 10.2 Å². The smallest absolute Gasteiger partial charge is 0.103 e. The number of nitriles is 1. The third-order valence-corrected chi connectivity index (χ3v) is 1.45. The van der Waals surface area contributed by atoms with E-state index in [9.17, 15) is 0 Å². The molecule has 3 nitrogen and oxygen atoms in total. The van der Waals surface area contributed by atoms with E-state index in [2.05, 4.69) is 30.1 Å². The van der Waals surface area contributed by atoms with Gasteiger partial charge in [0, 0.05) is 0 Å². The Hall–Kier alpha value is -1.30. The van der Waals surface area contributed by atoms with E-state index in [0.29, 0.717) is 11.5 Å². The lowest BCUT2D eigenvalue weighted by Gasteiger charge is -2.00. The van der Waals surface area contributed by atoms with Crippen molar-refractivity contribution in [3.63, 3.8) is 0 Å². The van der Waals surface area contributed by atoms with Gasteiger partial charge in [-0.3, -0.25) is 5.10 Å². The highest BCUT2D eigenvalue weighted by Crippen LogP contribution is 2.08. The van der Waals surface area contributed by atoms with Crippen molar-refractivity contribution in [2.45, 2.75) is 20.3 Å². The molecule has 0 unspecified atom stereocenters. The molecule has 0 saturated heterocycles. The fourth-order valence-electron chi connectivity index (χ4n) is 0.973. The number of aromatic amines is 1. The predicted octanol–water partition coefficient (Wildman–Crippen LogP) is 1.48. The number of nitrogens with zero attached hydrogens (tertiary/aromatic N) is 2. The lowest BCUT2D eigenvalue weighted by atomic mass is 10.1.